The number of aromatic nitrogens is 2. The van der Waals surface area contributed by atoms with Crippen LogP contribution in [0.4, 0.5) is 0 Å². The molecule has 2 aromatic heterocycles. The van der Waals surface area contributed by atoms with E-state index in [-0.39, 0.29) is 91.0 Å². The summed E-state index contributed by atoms with van der Waals surface area (Å²) in [6.45, 7) is 2.88. The van der Waals surface area contributed by atoms with Crippen LogP contribution in [0.5, 0.6) is 23.0 Å². The molecular formula is C59H56ClLiN6O8. The molecule has 0 saturated carbocycles. The van der Waals surface area contributed by atoms with Crippen LogP contribution in [0.3, 0.4) is 0 Å². The summed E-state index contributed by atoms with van der Waals surface area (Å²) < 4.78 is 22.0. The quantitative estimate of drug-likeness (QED) is 0.203. The minimum absolute atomic E-state index is 0. The van der Waals surface area contributed by atoms with Crippen molar-refractivity contribution in [1.82, 2.24) is 19.2 Å². The van der Waals surface area contributed by atoms with Crippen molar-refractivity contribution in [3.05, 3.63) is 248 Å². The summed E-state index contributed by atoms with van der Waals surface area (Å²) in [5, 5.41) is 14.7. The van der Waals surface area contributed by atoms with Crippen LogP contribution in [0.25, 0.3) is 0 Å². The zero-order valence-corrected chi connectivity index (χ0v) is 42.5. The number of aromatic hydroxyl groups is 1. The molecule has 75 heavy (non-hydrogen) atoms. The van der Waals surface area contributed by atoms with Crippen LogP contribution >= 0.6 is 0 Å². The number of ether oxygens (including phenoxy) is 3. The van der Waals surface area contributed by atoms with Gasteiger partial charge in [0.05, 0.1) is 13.2 Å². The summed E-state index contributed by atoms with van der Waals surface area (Å²) in [5.74, 6) is 0.484. The van der Waals surface area contributed by atoms with Gasteiger partial charge >= 0.3 is 18.9 Å². The van der Waals surface area contributed by atoms with Gasteiger partial charge in [-0.05, 0) is 54.5 Å². The molecule has 6 heterocycles. The summed E-state index contributed by atoms with van der Waals surface area (Å²) >= 11 is 0. The van der Waals surface area contributed by atoms with Gasteiger partial charge in [0.1, 0.15) is 43.5 Å². The van der Waals surface area contributed by atoms with E-state index in [4.69, 9.17) is 14.2 Å². The fourth-order valence-corrected chi connectivity index (χ4v) is 9.77. The summed E-state index contributed by atoms with van der Waals surface area (Å²) in [7, 11) is 0. The van der Waals surface area contributed by atoms with E-state index < -0.39 is 11.2 Å². The molecule has 0 unspecified atom stereocenters. The smallest absolute Gasteiger partial charge is 1.00 e. The van der Waals surface area contributed by atoms with Crippen molar-refractivity contribution in [2.24, 2.45) is 0 Å². The predicted molar refractivity (Wildman–Crippen MR) is 279 cm³/mol. The van der Waals surface area contributed by atoms with Crippen molar-refractivity contribution in [1.29, 1.82) is 0 Å². The first-order valence-electron chi connectivity index (χ1n) is 24.7. The maximum absolute atomic E-state index is 14.0. The largest absolute Gasteiger partial charge is 1.00 e. The number of hydrogen-bond donors (Lipinski definition) is 1. The van der Waals surface area contributed by atoms with E-state index in [1.807, 2.05) is 132 Å². The van der Waals surface area contributed by atoms with Crippen LogP contribution < -0.4 is 66.4 Å². The molecule has 0 saturated heterocycles. The fraction of sp³-hybridized carbons (Fsp3) is 0.220. The number of para-hydroxylation sites is 2. The first-order valence-corrected chi connectivity index (χ1v) is 24.7. The normalized spacial score (nSPS) is 18.0. The van der Waals surface area contributed by atoms with Gasteiger partial charge in [-0.2, -0.15) is 0 Å². The van der Waals surface area contributed by atoms with Gasteiger partial charge in [0.15, 0.2) is 22.9 Å². The first-order chi connectivity index (χ1) is 35.9. The monoisotopic (exact) mass is 1020 g/mol. The summed E-state index contributed by atoms with van der Waals surface area (Å²) in [4.78, 5) is 56.2. The molecule has 14 nitrogen and oxygen atoms in total. The number of carbonyl (C=O) groups is 2. The molecule has 2 atom stereocenters. The topological polar surface area (TPSA) is 139 Å². The summed E-state index contributed by atoms with van der Waals surface area (Å²) in [6.07, 6.45) is 14.4. The van der Waals surface area contributed by atoms with Gasteiger partial charge in [-0.25, -0.2) is 0 Å². The van der Waals surface area contributed by atoms with E-state index in [9.17, 15) is 24.3 Å². The van der Waals surface area contributed by atoms with E-state index in [0.717, 1.165) is 52.2 Å². The van der Waals surface area contributed by atoms with Gasteiger partial charge in [0.25, 0.3) is 11.8 Å². The summed E-state index contributed by atoms with van der Waals surface area (Å²) in [5.41, 5.74) is 4.17. The molecular weight excluding hydrogens is 963 g/mol. The van der Waals surface area contributed by atoms with Crippen molar-refractivity contribution in [3.8, 4) is 23.0 Å². The molecule has 2 amide bonds. The Labute approximate surface area is 453 Å². The van der Waals surface area contributed by atoms with Gasteiger partial charge in [-0.15, -0.1) is 0 Å². The van der Waals surface area contributed by atoms with E-state index >= 15 is 0 Å². The standard InChI is InChI=1S/C33H31N3O4.C26H25N3O4.ClH.Li/c37-28-19-21-35-31(32(28)40-23-25-13-5-3-6-14-25)33(38)34-20-11-1-2-12-22-39-29-18-10-9-17-27(29)30(36(35)24-34)26-15-7-4-8-16-26;30-21-14-16-28-24(25(21)31)26(32)27-15-8-1-2-9-17-33-22-13-7-6-12-20(22)23(29(28)18-27)19-10-4-3-5-11-19;;/h1-10,13-19,21,30H,11-12,20,22-24H2;1-7,10-14,16,23,31H,8-9,15,17-18H2;1H;/q;;;+1/p-1/b2*2-1-;;/t30-;23-;;/m00../s1. The van der Waals surface area contributed by atoms with Crippen LogP contribution in [0.2, 0.25) is 0 Å². The zero-order valence-electron chi connectivity index (χ0n) is 41.7. The summed E-state index contributed by atoms with van der Waals surface area (Å²) in [6, 6.07) is 47.8. The molecule has 0 fully saturated rings. The molecule has 0 radical (unpaired) electrons. The third-order valence-electron chi connectivity index (χ3n) is 13.3. The van der Waals surface area contributed by atoms with Crippen LogP contribution in [0.15, 0.2) is 198 Å². The van der Waals surface area contributed by atoms with E-state index in [2.05, 4.69) is 41.4 Å². The third kappa shape index (κ3) is 11.6. The van der Waals surface area contributed by atoms with Gasteiger partial charge in [-0.1, -0.05) is 152 Å². The number of carbonyl (C=O) groups excluding carboxylic acids is 2. The van der Waals surface area contributed by atoms with E-state index in [1.54, 1.807) is 31.5 Å². The number of amides is 2. The van der Waals surface area contributed by atoms with Gasteiger partial charge in [0.2, 0.25) is 10.9 Å². The van der Waals surface area contributed by atoms with Crippen LogP contribution in [0.1, 0.15) is 86.6 Å². The third-order valence-corrected chi connectivity index (χ3v) is 13.3. The maximum Gasteiger partial charge on any atom is 1.00 e. The van der Waals surface area contributed by atoms with Gasteiger partial charge in [-0.3, -0.25) is 38.5 Å². The Morgan fingerprint density at radius 2 is 0.933 bits per heavy atom. The Bertz CT molecular complexity index is 3260. The zero-order chi connectivity index (χ0) is 50.1. The number of hydrogen-bond acceptors (Lipinski definition) is 10. The molecule has 4 bridgehead atoms. The molecule has 0 aliphatic carbocycles. The van der Waals surface area contributed by atoms with Crippen LogP contribution in [-0.4, -0.2) is 75.7 Å². The number of benzene rings is 5. The van der Waals surface area contributed by atoms with Crippen molar-refractivity contribution < 1.29 is 60.2 Å². The van der Waals surface area contributed by atoms with Crippen molar-refractivity contribution in [2.75, 3.05) is 49.7 Å². The maximum atomic E-state index is 14.0. The molecule has 7 aromatic rings. The van der Waals surface area contributed by atoms with Gasteiger partial charge in [0, 0.05) is 48.7 Å². The number of nitrogens with zero attached hydrogens (tertiary/aromatic N) is 6. The number of rotatable bonds is 5. The van der Waals surface area contributed by atoms with Crippen molar-refractivity contribution in [3.63, 3.8) is 0 Å². The molecule has 5 aromatic carbocycles. The fourth-order valence-electron chi connectivity index (χ4n) is 9.77. The molecule has 0 spiro atoms. The average molecular weight is 1020 g/mol. The average Bonchev–Trinajstić information content (AvgIpc) is 3.45. The molecule has 378 valence electrons. The second-order valence-electron chi connectivity index (χ2n) is 18.0. The first kappa shape index (κ1) is 53.4. The number of halogens is 1. The van der Waals surface area contributed by atoms with Gasteiger partial charge < -0.3 is 41.5 Å². The van der Waals surface area contributed by atoms with Crippen molar-refractivity contribution >= 4 is 11.8 Å². The Hall–Kier alpha value is -7.89. The Kier molecular flexibility index (Phi) is 17.7. The van der Waals surface area contributed by atoms with E-state index in [0.29, 0.717) is 45.8 Å². The number of pyridine rings is 2. The molecule has 4 aliphatic heterocycles. The SMILES string of the molecule is O=C1c2c(O)c(=O)ccn2N2CN1CC/C=C\CCOc1ccccc1[C@@H]2c1ccccc1.O=C1c2c(OCc3ccccc3)c(=O)ccn2N2CN1CC/C=C\CCOc1ccccc1[C@@H]2c1ccccc1.[Cl-].[Li+]. The number of fused-ring (bicyclic) bond motifs is 10. The molecule has 11 rings (SSSR count). The Balaban J connectivity index is 0.000000197. The van der Waals surface area contributed by atoms with Crippen LogP contribution in [-0.2, 0) is 6.61 Å². The molecule has 4 aliphatic rings. The minimum atomic E-state index is -0.575. The second-order valence-corrected chi connectivity index (χ2v) is 18.0. The van der Waals surface area contributed by atoms with Crippen molar-refractivity contribution in [2.45, 2.75) is 44.4 Å². The second kappa shape index (κ2) is 24.9. The Morgan fingerprint density at radius 1 is 0.507 bits per heavy atom. The minimum Gasteiger partial charge on any atom is -1.00 e. The molecule has 1 N–H and O–H groups in total. The molecule has 16 heteroatoms. The Morgan fingerprint density at radius 3 is 1.45 bits per heavy atom. The van der Waals surface area contributed by atoms with Crippen LogP contribution in [0, 0.1) is 0 Å². The van der Waals surface area contributed by atoms with E-state index in [1.165, 1.54) is 12.1 Å². The predicted octanol–water partition coefficient (Wildman–Crippen LogP) is 2.73.